The molecule has 0 spiro atoms. The van der Waals surface area contributed by atoms with Crippen LogP contribution in [-0.2, 0) is 14.4 Å². The van der Waals surface area contributed by atoms with E-state index in [0.29, 0.717) is 11.4 Å². The number of fused-ring (bicyclic) bond motifs is 1. The summed E-state index contributed by atoms with van der Waals surface area (Å²) in [5, 5.41) is 0. The maximum Gasteiger partial charge on any atom is 0.295 e. The molecule has 1 amide bonds. The number of carbonyl (C=O) groups excluding carboxylic acids is 3. The number of rotatable bonds is 4. The first-order valence-electron chi connectivity index (χ1n) is 10.1. The van der Waals surface area contributed by atoms with Crippen molar-refractivity contribution in [1.29, 1.82) is 0 Å². The van der Waals surface area contributed by atoms with Crippen LogP contribution in [0.15, 0.2) is 42.9 Å². The van der Waals surface area contributed by atoms with Gasteiger partial charge in [-0.2, -0.15) is 0 Å². The minimum Gasteiger partial charge on any atom is -0.363 e. The third-order valence-corrected chi connectivity index (χ3v) is 6.24. The molecule has 148 valence electrons. The van der Waals surface area contributed by atoms with Gasteiger partial charge in [0.15, 0.2) is 0 Å². The number of nitrogens with one attached hydrogen (secondary N) is 2. The van der Waals surface area contributed by atoms with Gasteiger partial charge in [0.1, 0.15) is 11.7 Å². The molecule has 2 unspecified atom stereocenters. The van der Waals surface area contributed by atoms with Gasteiger partial charge in [0, 0.05) is 23.5 Å². The van der Waals surface area contributed by atoms with Crippen molar-refractivity contribution in [2.24, 2.45) is 11.8 Å². The maximum absolute atomic E-state index is 13.4. The van der Waals surface area contributed by atoms with E-state index in [4.69, 9.17) is 0 Å². The van der Waals surface area contributed by atoms with Crippen molar-refractivity contribution in [3.05, 3.63) is 48.5 Å². The van der Waals surface area contributed by atoms with E-state index >= 15 is 0 Å². The highest BCUT2D eigenvalue weighted by Crippen LogP contribution is 2.42. The van der Waals surface area contributed by atoms with Crippen LogP contribution in [0.2, 0.25) is 0 Å². The number of aromatic nitrogens is 3. The van der Waals surface area contributed by atoms with Crippen molar-refractivity contribution in [1.82, 2.24) is 15.0 Å². The van der Waals surface area contributed by atoms with Crippen molar-refractivity contribution >= 4 is 34.2 Å². The summed E-state index contributed by atoms with van der Waals surface area (Å²) < 4.78 is 0. The van der Waals surface area contributed by atoms with Gasteiger partial charge in [-0.1, -0.05) is 19.3 Å². The molecule has 7 nitrogen and oxygen atoms in total. The number of benzene rings is 1. The first kappa shape index (κ1) is 17.8. The second kappa shape index (κ2) is 6.99. The lowest BCUT2D eigenvalue weighted by Crippen LogP contribution is -2.34. The molecule has 0 bridgehead atoms. The molecule has 2 fully saturated rings. The molecule has 29 heavy (non-hydrogen) atoms. The van der Waals surface area contributed by atoms with Gasteiger partial charge in [-0.3, -0.25) is 19.3 Å². The molecule has 0 radical (unpaired) electrons. The Morgan fingerprint density at radius 2 is 1.90 bits per heavy atom. The summed E-state index contributed by atoms with van der Waals surface area (Å²) in [7, 11) is 0. The van der Waals surface area contributed by atoms with Crippen molar-refractivity contribution in [2.45, 2.75) is 38.1 Å². The Balaban J connectivity index is 1.59. The highest BCUT2D eigenvalue weighted by atomic mass is 16.2. The van der Waals surface area contributed by atoms with E-state index in [1.807, 2.05) is 12.1 Å². The van der Waals surface area contributed by atoms with Gasteiger partial charge in [0.25, 0.3) is 5.91 Å². The molecule has 1 aliphatic carbocycles. The first-order valence-corrected chi connectivity index (χ1v) is 10.1. The molecule has 1 aliphatic heterocycles. The standard InChI is InChI=1S/C22H22N4O3/c27-20(13-5-2-1-3-6-13)18-19(16-7-4-10-23-16)26(22(29)21(18)28)14-8-9-15-17(11-14)25-12-24-15/h4,7-13,18-19,23H,1-3,5-6H2,(H,24,25). The second-order valence-electron chi connectivity index (χ2n) is 7.93. The second-order valence-corrected chi connectivity index (χ2v) is 7.93. The molecule has 3 aromatic rings. The Labute approximate surface area is 167 Å². The number of ketones is 2. The summed E-state index contributed by atoms with van der Waals surface area (Å²) in [4.78, 5) is 51.3. The smallest absolute Gasteiger partial charge is 0.295 e. The summed E-state index contributed by atoms with van der Waals surface area (Å²) in [6.07, 6.45) is 8.06. The van der Waals surface area contributed by atoms with Gasteiger partial charge in [0.2, 0.25) is 5.78 Å². The fourth-order valence-electron chi connectivity index (χ4n) is 4.79. The number of nitrogens with zero attached hydrogens (tertiary/aromatic N) is 2. The molecule has 1 aromatic carbocycles. The fraction of sp³-hybridized carbons (Fsp3) is 0.364. The number of anilines is 1. The zero-order chi connectivity index (χ0) is 20.0. The zero-order valence-corrected chi connectivity index (χ0v) is 15.9. The van der Waals surface area contributed by atoms with Crippen LogP contribution in [0, 0.1) is 11.8 Å². The van der Waals surface area contributed by atoms with E-state index in [-0.39, 0.29) is 11.7 Å². The monoisotopic (exact) mass is 390 g/mol. The molecule has 3 heterocycles. The van der Waals surface area contributed by atoms with Crippen LogP contribution in [-0.4, -0.2) is 32.4 Å². The van der Waals surface area contributed by atoms with Crippen molar-refractivity contribution in [2.75, 3.05) is 4.90 Å². The molecule has 2 aromatic heterocycles. The van der Waals surface area contributed by atoms with E-state index < -0.39 is 23.7 Å². The predicted octanol–water partition coefficient (Wildman–Crippen LogP) is 3.31. The Hall–Kier alpha value is -3.22. The first-order chi connectivity index (χ1) is 14.1. The molecule has 5 rings (SSSR count). The van der Waals surface area contributed by atoms with E-state index in [0.717, 1.165) is 43.1 Å². The Morgan fingerprint density at radius 3 is 2.66 bits per heavy atom. The predicted molar refractivity (Wildman–Crippen MR) is 107 cm³/mol. The molecule has 7 heteroatoms. The van der Waals surface area contributed by atoms with Gasteiger partial charge >= 0.3 is 0 Å². The van der Waals surface area contributed by atoms with E-state index in [9.17, 15) is 14.4 Å². The molecule has 1 saturated heterocycles. The SMILES string of the molecule is O=C1C(=O)N(c2ccc3nc[nH]c3c2)C(c2ccc[nH]2)C1C(=O)C1CCCCC1. The lowest BCUT2D eigenvalue weighted by Gasteiger charge is -2.29. The summed E-state index contributed by atoms with van der Waals surface area (Å²) >= 11 is 0. The number of carbonyl (C=O) groups is 3. The summed E-state index contributed by atoms with van der Waals surface area (Å²) in [6.45, 7) is 0. The minimum atomic E-state index is -0.971. The van der Waals surface area contributed by atoms with E-state index in [1.165, 1.54) is 4.90 Å². The van der Waals surface area contributed by atoms with Gasteiger partial charge in [-0.05, 0) is 43.2 Å². The van der Waals surface area contributed by atoms with Gasteiger partial charge < -0.3 is 9.97 Å². The van der Waals surface area contributed by atoms with Crippen LogP contribution in [0.1, 0.15) is 43.8 Å². The number of amides is 1. The number of imidazole rings is 1. The van der Waals surface area contributed by atoms with Gasteiger partial charge in [-0.15, -0.1) is 0 Å². The quantitative estimate of drug-likeness (QED) is 0.527. The highest BCUT2D eigenvalue weighted by molar-refractivity contribution is 6.48. The topological polar surface area (TPSA) is 98.9 Å². The van der Waals surface area contributed by atoms with Crippen LogP contribution in [0.25, 0.3) is 11.0 Å². The normalized spacial score (nSPS) is 23.2. The summed E-state index contributed by atoms with van der Waals surface area (Å²) in [6, 6.07) is 8.38. The number of Topliss-reactive ketones (excluding diaryl/α,β-unsaturated/α-hetero) is 2. The van der Waals surface area contributed by atoms with Crippen molar-refractivity contribution in [3.63, 3.8) is 0 Å². The third-order valence-electron chi connectivity index (χ3n) is 6.24. The Kier molecular flexibility index (Phi) is 4.30. The molecule has 2 aliphatic rings. The summed E-state index contributed by atoms with van der Waals surface area (Å²) in [5.41, 5.74) is 2.83. The number of hydrogen-bond acceptors (Lipinski definition) is 4. The molecular formula is C22H22N4O3. The number of aromatic amines is 2. The largest absolute Gasteiger partial charge is 0.363 e. The van der Waals surface area contributed by atoms with Gasteiger partial charge in [-0.25, -0.2) is 4.98 Å². The van der Waals surface area contributed by atoms with Crippen LogP contribution in [0.4, 0.5) is 5.69 Å². The van der Waals surface area contributed by atoms with Crippen LogP contribution in [0.5, 0.6) is 0 Å². The molecular weight excluding hydrogens is 368 g/mol. The van der Waals surface area contributed by atoms with Crippen LogP contribution < -0.4 is 4.90 Å². The average molecular weight is 390 g/mol. The fourth-order valence-corrected chi connectivity index (χ4v) is 4.79. The Bertz CT molecular complexity index is 1080. The average Bonchev–Trinajstić information content (AvgIpc) is 3.48. The van der Waals surface area contributed by atoms with E-state index in [2.05, 4.69) is 15.0 Å². The van der Waals surface area contributed by atoms with Crippen LogP contribution >= 0.6 is 0 Å². The minimum absolute atomic E-state index is 0.0900. The number of hydrogen-bond donors (Lipinski definition) is 2. The lowest BCUT2D eigenvalue weighted by atomic mass is 9.78. The van der Waals surface area contributed by atoms with Crippen LogP contribution in [0.3, 0.4) is 0 Å². The molecule has 1 saturated carbocycles. The van der Waals surface area contributed by atoms with E-state index in [1.54, 1.807) is 30.7 Å². The molecule has 2 N–H and O–H groups in total. The lowest BCUT2D eigenvalue weighted by molar-refractivity contribution is -0.140. The third kappa shape index (κ3) is 2.88. The van der Waals surface area contributed by atoms with Gasteiger partial charge in [0.05, 0.1) is 23.4 Å². The van der Waals surface area contributed by atoms with Crippen molar-refractivity contribution in [3.8, 4) is 0 Å². The summed E-state index contributed by atoms with van der Waals surface area (Å²) in [5.74, 6) is -2.44. The molecule has 2 atom stereocenters. The maximum atomic E-state index is 13.4. The zero-order valence-electron chi connectivity index (χ0n) is 15.9. The number of H-pyrrole nitrogens is 2. The Morgan fingerprint density at radius 1 is 1.07 bits per heavy atom. The highest BCUT2D eigenvalue weighted by Gasteiger charge is 2.53. The van der Waals surface area contributed by atoms with Crippen molar-refractivity contribution < 1.29 is 14.4 Å².